The average molecular weight is 290 g/mol. The second-order valence-electron chi connectivity index (χ2n) is 5.19. The van der Waals surface area contributed by atoms with Crippen molar-refractivity contribution >= 4 is 12.0 Å². The number of rotatable bonds is 4. The van der Waals surface area contributed by atoms with Gasteiger partial charge in [-0.2, -0.15) is 5.26 Å². The highest BCUT2D eigenvalue weighted by Gasteiger charge is 2.13. The van der Waals surface area contributed by atoms with Gasteiger partial charge in [0.05, 0.1) is 6.04 Å². The third kappa shape index (κ3) is 4.07. The zero-order valence-corrected chi connectivity index (χ0v) is 12.7. The SMILES string of the molecule is Cc1ccc(/C=C(/C#N)C(=O)N[C@H](C)c2ccccc2)cc1. The van der Waals surface area contributed by atoms with Crippen LogP contribution < -0.4 is 5.32 Å². The first-order chi connectivity index (χ1) is 10.6. The summed E-state index contributed by atoms with van der Waals surface area (Å²) in [6.45, 7) is 3.89. The number of amides is 1. The number of carbonyl (C=O) groups excluding carboxylic acids is 1. The fourth-order valence-electron chi connectivity index (χ4n) is 2.08. The van der Waals surface area contributed by atoms with E-state index in [4.69, 9.17) is 0 Å². The molecule has 0 radical (unpaired) electrons. The average Bonchev–Trinajstić information content (AvgIpc) is 2.55. The van der Waals surface area contributed by atoms with Gasteiger partial charge >= 0.3 is 0 Å². The largest absolute Gasteiger partial charge is 0.345 e. The van der Waals surface area contributed by atoms with Crippen LogP contribution in [-0.4, -0.2) is 5.91 Å². The van der Waals surface area contributed by atoms with Crippen molar-refractivity contribution in [1.82, 2.24) is 5.32 Å². The van der Waals surface area contributed by atoms with E-state index in [0.717, 1.165) is 16.7 Å². The maximum Gasteiger partial charge on any atom is 0.262 e. The van der Waals surface area contributed by atoms with Gasteiger partial charge in [0.1, 0.15) is 11.6 Å². The van der Waals surface area contributed by atoms with Crippen LogP contribution in [0.15, 0.2) is 60.2 Å². The van der Waals surface area contributed by atoms with Gasteiger partial charge in [0.2, 0.25) is 0 Å². The van der Waals surface area contributed by atoms with E-state index < -0.39 is 0 Å². The van der Waals surface area contributed by atoms with E-state index in [0.29, 0.717) is 0 Å². The summed E-state index contributed by atoms with van der Waals surface area (Å²) in [4.78, 5) is 12.2. The number of aryl methyl sites for hydroxylation is 1. The molecule has 0 unspecified atom stereocenters. The molecule has 0 saturated heterocycles. The number of benzene rings is 2. The summed E-state index contributed by atoms with van der Waals surface area (Å²) in [6, 6.07) is 19.2. The van der Waals surface area contributed by atoms with Crippen LogP contribution in [0.25, 0.3) is 6.08 Å². The highest BCUT2D eigenvalue weighted by Crippen LogP contribution is 2.13. The fourth-order valence-corrected chi connectivity index (χ4v) is 2.08. The van der Waals surface area contributed by atoms with Crippen LogP contribution in [0.5, 0.6) is 0 Å². The molecular formula is C19H18N2O. The molecule has 0 bridgehead atoms. The monoisotopic (exact) mass is 290 g/mol. The first-order valence-electron chi connectivity index (χ1n) is 7.14. The van der Waals surface area contributed by atoms with Gasteiger partial charge in [0.25, 0.3) is 5.91 Å². The molecule has 2 aromatic carbocycles. The molecule has 1 atom stereocenters. The molecule has 3 heteroatoms. The second kappa shape index (κ2) is 7.24. The highest BCUT2D eigenvalue weighted by molar-refractivity contribution is 6.01. The standard InChI is InChI=1S/C19H18N2O/c1-14-8-10-16(11-9-14)12-18(13-20)19(22)21-15(2)17-6-4-3-5-7-17/h3-12,15H,1-2H3,(H,21,22)/b18-12-/t15-/m1/s1. The molecule has 0 saturated carbocycles. The summed E-state index contributed by atoms with van der Waals surface area (Å²) in [5.74, 6) is -0.362. The van der Waals surface area contributed by atoms with Crippen molar-refractivity contribution in [2.45, 2.75) is 19.9 Å². The lowest BCUT2D eigenvalue weighted by molar-refractivity contribution is -0.117. The van der Waals surface area contributed by atoms with E-state index >= 15 is 0 Å². The third-order valence-corrected chi connectivity index (χ3v) is 3.40. The number of nitriles is 1. The second-order valence-corrected chi connectivity index (χ2v) is 5.19. The Bertz CT molecular complexity index is 709. The number of nitrogens with one attached hydrogen (secondary N) is 1. The molecule has 0 spiro atoms. The highest BCUT2D eigenvalue weighted by atomic mass is 16.1. The zero-order valence-electron chi connectivity index (χ0n) is 12.7. The number of hydrogen-bond donors (Lipinski definition) is 1. The van der Waals surface area contributed by atoms with E-state index in [1.807, 2.05) is 74.5 Å². The lowest BCUT2D eigenvalue weighted by atomic mass is 10.1. The quantitative estimate of drug-likeness (QED) is 0.688. The van der Waals surface area contributed by atoms with Gasteiger partial charge < -0.3 is 5.32 Å². The van der Waals surface area contributed by atoms with Crippen molar-refractivity contribution in [3.05, 3.63) is 76.9 Å². The molecule has 1 N–H and O–H groups in total. The molecular weight excluding hydrogens is 272 g/mol. The molecule has 3 nitrogen and oxygen atoms in total. The minimum Gasteiger partial charge on any atom is -0.345 e. The molecule has 0 aromatic heterocycles. The topological polar surface area (TPSA) is 52.9 Å². The van der Waals surface area contributed by atoms with Gasteiger partial charge in [-0.25, -0.2) is 0 Å². The molecule has 0 heterocycles. The molecule has 2 aromatic rings. The smallest absolute Gasteiger partial charge is 0.262 e. The summed E-state index contributed by atoms with van der Waals surface area (Å²) in [5.41, 5.74) is 3.08. The van der Waals surface area contributed by atoms with Crippen LogP contribution in [0.4, 0.5) is 0 Å². The van der Waals surface area contributed by atoms with Crippen LogP contribution in [0.2, 0.25) is 0 Å². The summed E-state index contributed by atoms with van der Waals surface area (Å²) in [6.07, 6.45) is 1.60. The minimum absolute atomic E-state index is 0.103. The minimum atomic E-state index is -0.362. The predicted molar refractivity (Wildman–Crippen MR) is 87.8 cm³/mol. The van der Waals surface area contributed by atoms with Crippen LogP contribution in [0.1, 0.15) is 29.7 Å². The van der Waals surface area contributed by atoms with Crippen molar-refractivity contribution in [2.24, 2.45) is 0 Å². The first-order valence-corrected chi connectivity index (χ1v) is 7.14. The number of nitrogens with zero attached hydrogens (tertiary/aromatic N) is 1. The van der Waals surface area contributed by atoms with Gasteiger partial charge in [0, 0.05) is 0 Å². The Labute approximate surface area is 130 Å². The van der Waals surface area contributed by atoms with Gasteiger partial charge in [-0.1, -0.05) is 60.2 Å². The maximum atomic E-state index is 12.2. The van der Waals surface area contributed by atoms with Crippen molar-refractivity contribution in [1.29, 1.82) is 5.26 Å². The predicted octanol–water partition coefficient (Wildman–Crippen LogP) is 3.78. The molecule has 110 valence electrons. The van der Waals surface area contributed by atoms with Gasteiger partial charge in [0.15, 0.2) is 0 Å². The van der Waals surface area contributed by atoms with Gasteiger partial charge in [-0.3, -0.25) is 4.79 Å². The Balaban J connectivity index is 2.12. The maximum absolute atomic E-state index is 12.2. The molecule has 22 heavy (non-hydrogen) atoms. The normalized spacial score (nSPS) is 12.3. The molecule has 0 aliphatic carbocycles. The number of hydrogen-bond acceptors (Lipinski definition) is 2. The van der Waals surface area contributed by atoms with Gasteiger partial charge in [-0.05, 0) is 31.1 Å². The van der Waals surface area contributed by atoms with Crippen molar-refractivity contribution in [3.8, 4) is 6.07 Å². The Morgan fingerprint density at radius 1 is 1.14 bits per heavy atom. The fraction of sp³-hybridized carbons (Fsp3) is 0.158. The lowest BCUT2D eigenvalue weighted by Gasteiger charge is -2.13. The molecule has 1 amide bonds. The number of carbonyl (C=O) groups is 1. The summed E-state index contributed by atoms with van der Waals surface area (Å²) < 4.78 is 0. The Morgan fingerprint density at radius 3 is 2.36 bits per heavy atom. The van der Waals surface area contributed by atoms with Crippen molar-refractivity contribution in [2.75, 3.05) is 0 Å². The zero-order chi connectivity index (χ0) is 15.9. The molecule has 2 rings (SSSR count). The third-order valence-electron chi connectivity index (χ3n) is 3.40. The van der Waals surface area contributed by atoms with E-state index in [1.165, 1.54) is 0 Å². The van der Waals surface area contributed by atoms with Crippen LogP contribution >= 0.6 is 0 Å². The summed E-state index contributed by atoms with van der Waals surface area (Å²) >= 11 is 0. The molecule has 0 aliphatic heterocycles. The summed E-state index contributed by atoms with van der Waals surface area (Å²) in [7, 11) is 0. The van der Waals surface area contributed by atoms with E-state index in [2.05, 4.69) is 5.32 Å². The van der Waals surface area contributed by atoms with E-state index in [9.17, 15) is 10.1 Å². The summed E-state index contributed by atoms with van der Waals surface area (Å²) in [5, 5.41) is 12.1. The molecule has 0 aliphatic rings. The van der Waals surface area contributed by atoms with Crippen LogP contribution in [0.3, 0.4) is 0 Å². The Kier molecular flexibility index (Phi) is 5.11. The van der Waals surface area contributed by atoms with Crippen LogP contribution in [0, 0.1) is 18.3 Å². The first kappa shape index (κ1) is 15.5. The van der Waals surface area contributed by atoms with Crippen molar-refractivity contribution in [3.63, 3.8) is 0 Å². The van der Waals surface area contributed by atoms with E-state index in [-0.39, 0.29) is 17.5 Å². The van der Waals surface area contributed by atoms with Crippen LogP contribution in [-0.2, 0) is 4.79 Å². The lowest BCUT2D eigenvalue weighted by Crippen LogP contribution is -2.27. The van der Waals surface area contributed by atoms with E-state index in [1.54, 1.807) is 6.08 Å². The Hall–Kier alpha value is -2.86. The van der Waals surface area contributed by atoms with Gasteiger partial charge in [-0.15, -0.1) is 0 Å². The Morgan fingerprint density at radius 2 is 1.77 bits per heavy atom. The molecule has 0 fully saturated rings. The van der Waals surface area contributed by atoms with Crippen molar-refractivity contribution < 1.29 is 4.79 Å².